The molecular formula is C12H19NO3S. The van der Waals surface area contributed by atoms with Crippen molar-refractivity contribution in [2.75, 3.05) is 12.4 Å². The largest absolute Gasteiger partial charge is 0.464 e. The highest BCUT2D eigenvalue weighted by molar-refractivity contribution is 8.02. The van der Waals surface area contributed by atoms with Gasteiger partial charge >= 0.3 is 5.97 Å². The van der Waals surface area contributed by atoms with Crippen LogP contribution < -0.4 is 0 Å². The average Bonchev–Trinajstić information content (AvgIpc) is 2.30. The Morgan fingerprint density at radius 1 is 1.59 bits per heavy atom. The molecule has 0 bridgehead atoms. The summed E-state index contributed by atoms with van der Waals surface area (Å²) in [5.41, 5.74) is 0. The molecule has 0 N–H and O–H groups in total. The van der Waals surface area contributed by atoms with E-state index in [2.05, 4.69) is 0 Å². The molecule has 0 aromatic heterocycles. The van der Waals surface area contributed by atoms with Gasteiger partial charge < -0.3 is 9.64 Å². The molecule has 1 heterocycles. The average molecular weight is 257 g/mol. The van der Waals surface area contributed by atoms with E-state index < -0.39 is 6.04 Å². The molecule has 1 atom stereocenters. The number of rotatable bonds is 5. The van der Waals surface area contributed by atoms with Gasteiger partial charge in [-0.3, -0.25) is 4.79 Å². The van der Waals surface area contributed by atoms with Crippen LogP contribution in [0.2, 0.25) is 0 Å². The van der Waals surface area contributed by atoms with E-state index in [-0.39, 0.29) is 11.9 Å². The normalized spacial score (nSPS) is 17.4. The van der Waals surface area contributed by atoms with E-state index >= 15 is 0 Å². The quantitative estimate of drug-likeness (QED) is 0.707. The van der Waals surface area contributed by atoms with Crippen LogP contribution in [0.25, 0.3) is 0 Å². The minimum absolute atomic E-state index is 0.0363. The van der Waals surface area contributed by atoms with E-state index in [9.17, 15) is 9.59 Å². The Bertz CT molecular complexity index is 315. The Balaban J connectivity index is 2.63. The second-order valence-electron chi connectivity index (χ2n) is 4.35. The van der Waals surface area contributed by atoms with Crippen molar-refractivity contribution in [2.24, 2.45) is 5.92 Å². The summed E-state index contributed by atoms with van der Waals surface area (Å²) >= 11 is 1.44. The fraction of sp³-hybridized carbons (Fsp3) is 0.667. The minimum Gasteiger partial charge on any atom is -0.464 e. The van der Waals surface area contributed by atoms with Gasteiger partial charge in [0.1, 0.15) is 6.04 Å². The number of carbonyl (C=O) groups is 2. The smallest absolute Gasteiger partial charge is 0.329 e. The SMILES string of the molecule is CCC(C(=O)OCC(C)C)N1C=CSCC1=O. The molecule has 0 saturated carbocycles. The van der Waals surface area contributed by atoms with Crippen LogP contribution in [-0.2, 0) is 14.3 Å². The molecule has 1 unspecified atom stereocenters. The maximum atomic E-state index is 11.9. The second-order valence-corrected chi connectivity index (χ2v) is 5.24. The first-order valence-electron chi connectivity index (χ1n) is 5.82. The summed E-state index contributed by atoms with van der Waals surface area (Å²) in [6.45, 7) is 6.24. The summed E-state index contributed by atoms with van der Waals surface area (Å²) in [6, 6.07) is -0.488. The molecule has 1 aliphatic heterocycles. The van der Waals surface area contributed by atoms with Crippen LogP contribution in [0, 0.1) is 5.92 Å². The lowest BCUT2D eigenvalue weighted by atomic mass is 10.2. The first-order valence-corrected chi connectivity index (χ1v) is 6.87. The molecule has 1 aliphatic rings. The predicted molar refractivity (Wildman–Crippen MR) is 68.3 cm³/mol. The van der Waals surface area contributed by atoms with Crippen molar-refractivity contribution in [1.82, 2.24) is 4.90 Å². The van der Waals surface area contributed by atoms with E-state index in [0.717, 1.165) is 0 Å². The molecule has 0 aliphatic carbocycles. The van der Waals surface area contributed by atoms with Gasteiger partial charge in [0.05, 0.1) is 12.4 Å². The van der Waals surface area contributed by atoms with Crippen LogP contribution in [0.3, 0.4) is 0 Å². The van der Waals surface area contributed by atoms with E-state index in [4.69, 9.17) is 4.74 Å². The van der Waals surface area contributed by atoms with Crippen molar-refractivity contribution in [1.29, 1.82) is 0 Å². The molecule has 0 aromatic carbocycles. The van der Waals surface area contributed by atoms with Gasteiger partial charge in [0, 0.05) is 6.20 Å². The standard InChI is InChI=1S/C12H19NO3S/c1-4-10(12(15)16-7-9(2)3)13-5-6-17-8-11(13)14/h5-6,9-10H,4,7-8H2,1-3H3. The highest BCUT2D eigenvalue weighted by Gasteiger charge is 2.29. The Morgan fingerprint density at radius 3 is 2.82 bits per heavy atom. The maximum Gasteiger partial charge on any atom is 0.329 e. The van der Waals surface area contributed by atoms with Gasteiger partial charge in [0.2, 0.25) is 5.91 Å². The van der Waals surface area contributed by atoms with Gasteiger partial charge in [-0.25, -0.2) is 4.79 Å². The molecule has 0 fully saturated rings. The fourth-order valence-corrected chi connectivity index (χ4v) is 2.09. The van der Waals surface area contributed by atoms with E-state index in [0.29, 0.717) is 24.7 Å². The molecular weight excluding hydrogens is 238 g/mol. The highest BCUT2D eigenvalue weighted by atomic mass is 32.2. The lowest BCUT2D eigenvalue weighted by Gasteiger charge is -2.28. The number of amides is 1. The predicted octanol–water partition coefficient (Wildman–Crippen LogP) is 2.01. The summed E-state index contributed by atoms with van der Waals surface area (Å²) in [5, 5.41) is 1.83. The van der Waals surface area contributed by atoms with Crippen LogP contribution in [0.5, 0.6) is 0 Å². The lowest BCUT2D eigenvalue weighted by Crippen LogP contribution is -2.44. The van der Waals surface area contributed by atoms with Crippen molar-refractivity contribution >= 4 is 23.6 Å². The molecule has 0 spiro atoms. The van der Waals surface area contributed by atoms with Gasteiger partial charge in [-0.15, -0.1) is 11.8 Å². The summed E-state index contributed by atoms with van der Waals surface area (Å²) in [6.07, 6.45) is 2.24. The first kappa shape index (κ1) is 14.1. The fourth-order valence-electron chi connectivity index (χ4n) is 1.49. The molecule has 17 heavy (non-hydrogen) atoms. The van der Waals surface area contributed by atoms with Crippen molar-refractivity contribution in [2.45, 2.75) is 33.2 Å². The zero-order valence-electron chi connectivity index (χ0n) is 10.5. The minimum atomic E-state index is -0.488. The number of ether oxygens (including phenoxy) is 1. The zero-order valence-corrected chi connectivity index (χ0v) is 11.3. The third kappa shape index (κ3) is 4.07. The first-order chi connectivity index (χ1) is 8.06. The summed E-state index contributed by atoms with van der Waals surface area (Å²) in [5.74, 6) is 0.348. The van der Waals surface area contributed by atoms with Gasteiger partial charge in [0.15, 0.2) is 0 Å². The maximum absolute atomic E-state index is 11.9. The molecule has 1 rings (SSSR count). The Hall–Kier alpha value is -0.970. The third-order valence-corrected chi connectivity index (χ3v) is 3.09. The van der Waals surface area contributed by atoms with Gasteiger partial charge in [-0.1, -0.05) is 20.8 Å². The van der Waals surface area contributed by atoms with Crippen LogP contribution in [-0.4, -0.2) is 35.2 Å². The van der Waals surface area contributed by atoms with Crippen LogP contribution in [0.4, 0.5) is 0 Å². The topological polar surface area (TPSA) is 46.6 Å². The highest BCUT2D eigenvalue weighted by Crippen LogP contribution is 2.17. The van der Waals surface area contributed by atoms with Crippen molar-refractivity contribution in [3.8, 4) is 0 Å². The van der Waals surface area contributed by atoms with Crippen LogP contribution >= 0.6 is 11.8 Å². The van der Waals surface area contributed by atoms with Crippen molar-refractivity contribution in [3.63, 3.8) is 0 Å². The molecule has 0 radical (unpaired) electrons. The molecule has 1 amide bonds. The third-order valence-electron chi connectivity index (χ3n) is 2.37. The zero-order chi connectivity index (χ0) is 12.8. The Labute approximate surface area is 106 Å². The number of nitrogens with zero attached hydrogens (tertiary/aromatic N) is 1. The lowest BCUT2D eigenvalue weighted by molar-refractivity contribution is -0.153. The van der Waals surface area contributed by atoms with E-state index in [1.54, 1.807) is 6.20 Å². The Kier molecular flexibility index (Phi) is 5.55. The molecule has 5 heteroatoms. The van der Waals surface area contributed by atoms with Crippen LogP contribution in [0.15, 0.2) is 11.6 Å². The van der Waals surface area contributed by atoms with Crippen LogP contribution in [0.1, 0.15) is 27.2 Å². The number of hydrogen-bond donors (Lipinski definition) is 0. The number of hydrogen-bond acceptors (Lipinski definition) is 4. The number of thioether (sulfide) groups is 1. The second kappa shape index (κ2) is 6.69. The number of esters is 1. The summed E-state index contributed by atoms with van der Waals surface area (Å²) in [4.78, 5) is 25.0. The van der Waals surface area contributed by atoms with Gasteiger partial charge in [-0.05, 0) is 17.7 Å². The monoisotopic (exact) mass is 257 g/mol. The van der Waals surface area contributed by atoms with Crippen molar-refractivity contribution in [3.05, 3.63) is 11.6 Å². The molecule has 0 saturated heterocycles. The summed E-state index contributed by atoms with van der Waals surface area (Å²) in [7, 11) is 0. The van der Waals surface area contributed by atoms with E-state index in [1.807, 2.05) is 26.2 Å². The number of carbonyl (C=O) groups excluding carboxylic acids is 2. The van der Waals surface area contributed by atoms with E-state index in [1.165, 1.54) is 16.7 Å². The van der Waals surface area contributed by atoms with Crippen molar-refractivity contribution < 1.29 is 14.3 Å². The molecule has 96 valence electrons. The molecule has 4 nitrogen and oxygen atoms in total. The van der Waals surface area contributed by atoms with Gasteiger partial charge in [-0.2, -0.15) is 0 Å². The van der Waals surface area contributed by atoms with Gasteiger partial charge in [0.25, 0.3) is 0 Å². The molecule has 0 aromatic rings. The Morgan fingerprint density at radius 2 is 2.29 bits per heavy atom. The summed E-state index contributed by atoms with van der Waals surface area (Å²) < 4.78 is 5.18.